The molecule has 0 unspecified atom stereocenters. The van der Waals surface area contributed by atoms with E-state index in [1.165, 1.54) is 30.3 Å². The number of anilines is 1. The van der Waals surface area contributed by atoms with E-state index in [-0.39, 0.29) is 33.5 Å². The van der Waals surface area contributed by atoms with Gasteiger partial charge in [0.15, 0.2) is 0 Å². The van der Waals surface area contributed by atoms with Crippen molar-refractivity contribution in [1.82, 2.24) is 0 Å². The molecule has 3 aromatic rings. The van der Waals surface area contributed by atoms with Crippen LogP contribution in [0, 0.1) is 21.4 Å². The number of furan rings is 1. The average Bonchev–Trinajstić information content (AvgIpc) is 3.20. The van der Waals surface area contributed by atoms with Crippen LogP contribution in [0.1, 0.15) is 11.3 Å². The number of nitrogens with zero attached hydrogens (tertiary/aromatic N) is 2. The highest BCUT2D eigenvalue weighted by molar-refractivity contribution is 6.33. The number of benzene rings is 2. The molecule has 0 bridgehead atoms. The fourth-order valence-corrected chi connectivity index (χ4v) is 2.86. The van der Waals surface area contributed by atoms with Crippen LogP contribution in [0.5, 0.6) is 0 Å². The maximum Gasteiger partial charge on any atom is 0.416 e. The summed E-state index contributed by atoms with van der Waals surface area (Å²) in [6.45, 7) is 0. The van der Waals surface area contributed by atoms with E-state index in [9.17, 15) is 33.3 Å². The summed E-state index contributed by atoms with van der Waals surface area (Å²) in [6, 6.07) is 12.2. The molecule has 0 aliphatic carbocycles. The molecule has 162 valence electrons. The number of non-ortho nitro benzene ring substituents is 1. The Morgan fingerprint density at radius 3 is 2.59 bits per heavy atom. The number of rotatable bonds is 5. The number of carbonyl (C=O) groups is 1. The van der Waals surface area contributed by atoms with Crippen LogP contribution in [-0.2, 0) is 11.0 Å². The Hall–Kier alpha value is -4.10. The predicted molar refractivity (Wildman–Crippen MR) is 109 cm³/mol. The van der Waals surface area contributed by atoms with Gasteiger partial charge in [0.25, 0.3) is 11.6 Å². The van der Waals surface area contributed by atoms with E-state index in [0.29, 0.717) is 0 Å². The van der Waals surface area contributed by atoms with Crippen molar-refractivity contribution in [3.8, 4) is 17.4 Å². The summed E-state index contributed by atoms with van der Waals surface area (Å²) in [5.74, 6) is -0.842. The standard InChI is InChI=1S/C21H11ClF3N3O4/c22-18-6-4-13(21(23,24)25)9-17(18)19-7-5-16(32-19)8-12(11-26)20(29)27-14-2-1-3-15(10-14)28(30)31/h1-10H,(H,27,29). The molecule has 2 aromatic carbocycles. The third kappa shape index (κ3) is 5.14. The molecule has 0 fully saturated rings. The first-order chi connectivity index (χ1) is 15.1. The molecule has 0 radical (unpaired) electrons. The molecular weight excluding hydrogens is 451 g/mol. The molecule has 7 nitrogen and oxygen atoms in total. The van der Waals surface area contributed by atoms with Gasteiger partial charge in [-0.15, -0.1) is 0 Å². The van der Waals surface area contributed by atoms with Gasteiger partial charge in [0.05, 0.1) is 15.5 Å². The number of nitriles is 1. The van der Waals surface area contributed by atoms with Crippen LogP contribution < -0.4 is 5.32 Å². The number of alkyl halides is 3. The Bertz CT molecular complexity index is 1280. The zero-order valence-electron chi connectivity index (χ0n) is 15.8. The highest BCUT2D eigenvalue weighted by Crippen LogP contribution is 2.36. The summed E-state index contributed by atoms with van der Waals surface area (Å²) in [4.78, 5) is 22.6. The number of nitrogens with one attached hydrogen (secondary N) is 1. The first-order valence-electron chi connectivity index (χ1n) is 8.73. The lowest BCUT2D eigenvalue weighted by Gasteiger charge is -2.09. The summed E-state index contributed by atoms with van der Waals surface area (Å²) in [5, 5.41) is 22.5. The minimum Gasteiger partial charge on any atom is -0.457 e. The zero-order chi connectivity index (χ0) is 23.5. The summed E-state index contributed by atoms with van der Waals surface area (Å²) in [6.07, 6.45) is -3.50. The highest BCUT2D eigenvalue weighted by atomic mass is 35.5. The molecule has 1 amide bonds. The largest absolute Gasteiger partial charge is 0.457 e. The molecule has 0 saturated carbocycles. The molecule has 1 N–H and O–H groups in total. The number of hydrogen-bond acceptors (Lipinski definition) is 5. The molecule has 32 heavy (non-hydrogen) atoms. The van der Waals surface area contributed by atoms with E-state index >= 15 is 0 Å². The molecule has 0 aliphatic heterocycles. The maximum atomic E-state index is 13.0. The molecule has 0 spiro atoms. The van der Waals surface area contributed by atoms with Gasteiger partial charge in [0.1, 0.15) is 23.2 Å². The van der Waals surface area contributed by atoms with Gasteiger partial charge in [0, 0.05) is 29.5 Å². The number of nitro benzene ring substituents is 1. The minimum absolute atomic E-state index is 0.00346. The molecule has 0 saturated heterocycles. The molecule has 1 aromatic heterocycles. The van der Waals surface area contributed by atoms with Gasteiger partial charge in [-0.3, -0.25) is 14.9 Å². The van der Waals surface area contributed by atoms with Gasteiger partial charge < -0.3 is 9.73 Å². The maximum absolute atomic E-state index is 13.0. The highest BCUT2D eigenvalue weighted by Gasteiger charge is 2.31. The molecule has 0 aliphatic rings. The quantitative estimate of drug-likeness (QED) is 0.214. The smallest absolute Gasteiger partial charge is 0.416 e. The second-order valence-corrected chi connectivity index (χ2v) is 6.73. The molecule has 3 rings (SSSR count). The second kappa shape index (κ2) is 8.95. The van der Waals surface area contributed by atoms with Crippen molar-refractivity contribution < 1.29 is 27.3 Å². The van der Waals surface area contributed by atoms with Crippen molar-refractivity contribution in [2.45, 2.75) is 6.18 Å². The normalized spacial score (nSPS) is 11.7. The molecule has 1 heterocycles. The average molecular weight is 462 g/mol. The first kappa shape index (κ1) is 22.6. The van der Waals surface area contributed by atoms with Gasteiger partial charge in [-0.2, -0.15) is 18.4 Å². The van der Waals surface area contributed by atoms with Crippen LogP contribution in [0.15, 0.2) is 64.6 Å². The zero-order valence-corrected chi connectivity index (χ0v) is 16.6. The van der Waals surface area contributed by atoms with E-state index < -0.39 is 28.1 Å². The number of halogens is 4. The van der Waals surface area contributed by atoms with Gasteiger partial charge in [-0.1, -0.05) is 17.7 Å². The fourth-order valence-electron chi connectivity index (χ4n) is 2.65. The Balaban J connectivity index is 1.86. The molecule has 11 heteroatoms. The number of carbonyl (C=O) groups excluding carboxylic acids is 1. The third-order valence-corrected chi connectivity index (χ3v) is 4.48. The van der Waals surface area contributed by atoms with Crippen LogP contribution in [0.3, 0.4) is 0 Å². The van der Waals surface area contributed by atoms with Crippen molar-refractivity contribution in [3.63, 3.8) is 0 Å². The summed E-state index contributed by atoms with van der Waals surface area (Å²) < 4.78 is 44.4. The van der Waals surface area contributed by atoms with Crippen LogP contribution in [-0.4, -0.2) is 10.8 Å². The lowest BCUT2D eigenvalue weighted by molar-refractivity contribution is -0.384. The minimum atomic E-state index is -4.58. The lowest BCUT2D eigenvalue weighted by Crippen LogP contribution is -2.13. The van der Waals surface area contributed by atoms with E-state index in [2.05, 4.69) is 5.32 Å². The van der Waals surface area contributed by atoms with Crippen molar-refractivity contribution >= 4 is 35.0 Å². The van der Waals surface area contributed by atoms with Crippen molar-refractivity contribution in [3.05, 3.63) is 86.6 Å². The van der Waals surface area contributed by atoms with Crippen LogP contribution >= 0.6 is 11.6 Å². The van der Waals surface area contributed by atoms with Crippen molar-refractivity contribution in [2.24, 2.45) is 0 Å². The van der Waals surface area contributed by atoms with Crippen LogP contribution in [0.4, 0.5) is 24.5 Å². The summed E-state index contributed by atoms with van der Waals surface area (Å²) in [7, 11) is 0. The van der Waals surface area contributed by atoms with Crippen molar-refractivity contribution in [2.75, 3.05) is 5.32 Å². The van der Waals surface area contributed by atoms with Crippen molar-refractivity contribution in [1.29, 1.82) is 5.26 Å². The molecule has 0 atom stereocenters. The van der Waals surface area contributed by atoms with Crippen LogP contribution in [0.2, 0.25) is 5.02 Å². The second-order valence-electron chi connectivity index (χ2n) is 6.33. The van der Waals surface area contributed by atoms with Gasteiger partial charge in [0.2, 0.25) is 0 Å². The Morgan fingerprint density at radius 2 is 1.94 bits per heavy atom. The Labute approximate surface area is 183 Å². The monoisotopic (exact) mass is 461 g/mol. The van der Waals surface area contributed by atoms with E-state index in [1.54, 1.807) is 6.07 Å². The number of amides is 1. The topological polar surface area (TPSA) is 109 Å². The number of nitro groups is 1. The van der Waals surface area contributed by atoms with E-state index in [0.717, 1.165) is 30.3 Å². The van der Waals surface area contributed by atoms with E-state index in [4.69, 9.17) is 16.0 Å². The summed E-state index contributed by atoms with van der Waals surface area (Å²) >= 11 is 5.99. The number of hydrogen-bond donors (Lipinski definition) is 1. The Kier molecular flexibility index (Phi) is 6.32. The first-order valence-corrected chi connectivity index (χ1v) is 9.11. The van der Waals surface area contributed by atoms with Gasteiger partial charge >= 0.3 is 6.18 Å². The lowest BCUT2D eigenvalue weighted by atomic mass is 10.1. The van der Waals surface area contributed by atoms with Crippen LogP contribution in [0.25, 0.3) is 17.4 Å². The van der Waals surface area contributed by atoms with E-state index in [1.807, 2.05) is 0 Å². The third-order valence-electron chi connectivity index (χ3n) is 4.15. The predicted octanol–water partition coefficient (Wildman–Crippen LogP) is 6.07. The van der Waals surface area contributed by atoms with Gasteiger partial charge in [-0.05, 0) is 36.4 Å². The fraction of sp³-hybridized carbons (Fsp3) is 0.0476. The van der Waals surface area contributed by atoms with Gasteiger partial charge in [-0.25, -0.2) is 0 Å². The SMILES string of the molecule is N#CC(=Cc1ccc(-c2cc(C(F)(F)F)ccc2Cl)o1)C(=O)Nc1cccc([N+](=O)[O-])c1. The summed E-state index contributed by atoms with van der Waals surface area (Å²) in [5.41, 5.74) is -1.48. The molecular formula is C21H11ClF3N3O4. The Morgan fingerprint density at radius 1 is 1.19 bits per heavy atom.